The second kappa shape index (κ2) is 4.26. The summed E-state index contributed by atoms with van der Waals surface area (Å²) in [5, 5.41) is 3.74. The number of benzene rings is 1. The molecule has 1 aliphatic rings. The van der Waals surface area contributed by atoms with Crippen molar-refractivity contribution in [1.29, 1.82) is 0 Å². The van der Waals surface area contributed by atoms with Crippen LogP contribution in [-0.2, 0) is 16.2 Å². The summed E-state index contributed by atoms with van der Waals surface area (Å²) >= 11 is 0. The Morgan fingerprint density at radius 3 is 1.95 bits per heavy atom. The zero-order valence-corrected chi connectivity index (χ0v) is 14.7. The first kappa shape index (κ1) is 15.4. The molecule has 0 aliphatic carbocycles. The van der Waals surface area contributed by atoms with Crippen molar-refractivity contribution in [3.63, 3.8) is 0 Å². The number of rotatable bonds is 0. The van der Waals surface area contributed by atoms with E-state index in [2.05, 4.69) is 79.8 Å². The summed E-state index contributed by atoms with van der Waals surface area (Å²) in [7, 11) is 0. The van der Waals surface area contributed by atoms with E-state index in [-0.39, 0.29) is 16.2 Å². The van der Waals surface area contributed by atoms with Crippen molar-refractivity contribution in [2.45, 2.75) is 84.6 Å². The van der Waals surface area contributed by atoms with Crippen LogP contribution in [0.25, 0.3) is 0 Å². The van der Waals surface area contributed by atoms with Gasteiger partial charge in [-0.15, -0.1) is 0 Å². The third kappa shape index (κ3) is 2.36. The van der Waals surface area contributed by atoms with Crippen LogP contribution >= 0.6 is 0 Å². The molecule has 20 heavy (non-hydrogen) atoms. The summed E-state index contributed by atoms with van der Waals surface area (Å²) in [6, 6.07) is 5.33. The van der Waals surface area contributed by atoms with Crippen molar-refractivity contribution < 1.29 is 0 Å². The summed E-state index contributed by atoms with van der Waals surface area (Å²) in [4.78, 5) is 0. The molecule has 1 aromatic rings. The fourth-order valence-corrected chi connectivity index (χ4v) is 2.96. The molecule has 1 heteroatoms. The van der Waals surface area contributed by atoms with Gasteiger partial charge in [-0.2, -0.15) is 0 Å². The molecule has 1 aromatic carbocycles. The summed E-state index contributed by atoms with van der Waals surface area (Å²) in [5.41, 5.74) is 6.32. The summed E-state index contributed by atoms with van der Waals surface area (Å²) in [6.07, 6.45) is 0. The second-order valence-electron chi connectivity index (χ2n) is 9.03. The lowest BCUT2D eigenvalue weighted by Crippen LogP contribution is -2.30. The average Bonchev–Trinajstić information content (AvgIpc) is 2.46. The van der Waals surface area contributed by atoms with Crippen LogP contribution in [0.15, 0.2) is 12.1 Å². The Morgan fingerprint density at radius 2 is 1.50 bits per heavy atom. The van der Waals surface area contributed by atoms with Crippen LogP contribution in [-0.4, -0.2) is 6.04 Å². The van der Waals surface area contributed by atoms with Gasteiger partial charge < -0.3 is 5.32 Å². The van der Waals surface area contributed by atoms with Gasteiger partial charge in [-0.3, -0.25) is 0 Å². The van der Waals surface area contributed by atoms with Gasteiger partial charge in [0.05, 0.1) is 0 Å². The minimum atomic E-state index is 0.165. The predicted octanol–water partition coefficient (Wildman–Crippen LogP) is 5.37. The maximum Gasteiger partial charge on any atom is 0.0419 e. The molecule has 0 aromatic heterocycles. The minimum Gasteiger partial charge on any atom is -0.381 e. The Kier molecular flexibility index (Phi) is 3.28. The number of fused-ring (bicyclic) bond motifs is 1. The van der Waals surface area contributed by atoms with E-state index in [1.54, 1.807) is 0 Å². The van der Waals surface area contributed by atoms with Crippen molar-refractivity contribution in [3.8, 4) is 0 Å². The SMILES string of the molecule is CC1Nc2c(C(C)(C)C)cc(C(C)(C)C)cc2C1(C)C. The third-order valence-corrected chi connectivity index (χ3v) is 4.95. The van der Waals surface area contributed by atoms with Gasteiger partial charge in [0.15, 0.2) is 0 Å². The van der Waals surface area contributed by atoms with Crippen LogP contribution in [0.3, 0.4) is 0 Å². The third-order valence-electron chi connectivity index (χ3n) is 4.95. The molecule has 1 N–H and O–H groups in total. The molecule has 1 unspecified atom stereocenters. The highest BCUT2D eigenvalue weighted by molar-refractivity contribution is 5.69. The predicted molar refractivity (Wildman–Crippen MR) is 90.0 cm³/mol. The van der Waals surface area contributed by atoms with Gasteiger partial charge in [-0.05, 0) is 34.4 Å². The fraction of sp³-hybridized carbons (Fsp3) is 0.684. The van der Waals surface area contributed by atoms with Gasteiger partial charge >= 0.3 is 0 Å². The van der Waals surface area contributed by atoms with E-state index in [9.17, 15) is 0 Å². The summed E-state index contributed by atoms with van der Waals surface area (Å²) < 4.78 is 0. The van der Waals surface area contributed by atoms with E-state index in [4.69, 9.17) is 0 Å². The molecule has 2 rings (SSSR count). The van der Waals surface area contributed by atoms with E-state index >= 15 is 0 Å². The second-order valence-corrected chi connectivity index (χ2v) is 9.03. The van der Waals surface area contributed by atoms with E-state index in [0.29, 0.717) is 6.04 Å². The molecule has 112 valence electrons. The molecule has 1 heterocycles. The molecule has 1 aliphatic heterocycles. The van der Waals surface area contributed by atoms with Crippen LogP contribution < -0.4 is 5.32 Å². The molecule has 0 bridgehead atoms. The first-order valence-electron chi connectivity index (χ1n) is 7.81. The first-order chi connectivity index (χ1) is 8.85. The lowest BCUT2D eigenvalue weighted by molar-refractivity contribution is 0.484. The van der Waals surface area contributed by atoms with Crippen LogP contribution in [0, 0.1) is 0 Å². The normalized spacial score (nSPS) is 21.6. The van der Waals surface area contributed by atoms with Crippen LogP contribution in [0.2, 0.25) is 0 Å². The molecule has 0 radical (unpaired) electrons. The van der Waals surface area contributed by atoms with Crippen molar-refractivity contribution in [3.05, 3.63) is 28.8 Å². The number of hydrogen-bond acceptors (Lipinski definition) is 1. The van der Waals surface area contributed by atoms with E-state index < -0.39 is 0 Å². The van der Waals surface area contributed by atoms with Crippen molar-refractivity contribution in [2.24, 2.45) is 0 Å². The number of nitrogens with one attached hydrogen (secondary N) is 1. The monoisotopic (exact) mass is 273 g/mol. The maximum absolute atomic E-state index is 3.74. The van der Waals surface area contributed by atoms with Crippen LogP contribution in [0.5, 0.6) is 0 Å². The summed E-state index contributed by atoms with van der Waals surface area (Å²) in [6.45, 7) is 20.9. The largest absolute Gasteiger partial charge is 0.381 e. The van der Waals surface area contributed by atoms with E-state index in [1.165, 1.54) is 22.4 Å². The highest BCUT2D eigenvalue weighted by atomic mass is 15.0. The molecule has 0 saturated heterocycles. The standard InChI is InChI=1S/C19H31N/c1-12-19(8,9)15-11-13(17(2,3)4)10-14(16(15)20-12)18(5,6)7/h10-12,20H,1-9H3. The van der Waals surface area contributed by atoms with Gasteiger partial charge in [0, 0.05) is 17.1 Å². The fourth-order valence-electron chi connectivity index (χ4n) is 2.96. The van der Waals surface area contributed by atoms with Crippen LogP contribution in [0.1, 0.15) is 79.0 Å². The highest BCUT2D eigenvalue weighted by Crippen LogP contribution is 2.47. The first-order valence-corrected chi connectivity index (χ1v) is 7.81. The van der Waals surface area contributed by atoms with Crippen molar-refractivity contribution >= 4 is 5.69 Å². The lowest BCUT2D eigenvalue weighted by atomic mass is 9.74. The Balaban J connectivity index is 2.76. The topological polar surface area (TPSA) is 12.0 Å². The Morgan fingerprint density at radius 1 is 0.950 bits per heavy atom. The lowest BCUT2D eigenvalue weighted by Gasteiger charge is -2.29. The van der Waals surface area contributed by atoms with E-state index in [0.717, 1.165) is 0 Å². The van der Waals surface area contributed by atoms with Crippen LogP contribution in [0.4, 0.5) is 5.69 Å². The van der Waals surface area contributed by atoms with Crippen molar-refractivity contribution in [1.82, 2.24) is 0 Å². The molecule has 0 amide bonds. The summed E-state index contributed by atoms with van der Waals surface area (Å²) in [5.74, 6) is 0. The highest BCUT2D eigenvalue weighted by Gasteiger charge is 2.40. The molecular weight excluding hydrogens is 242 g/mol. The van der Waals surface area contributed by atoms with Gasteiger partial charge in [-0.1, -0.05) is 67.5 Å². The smallest absolute Gasteiger partial charge is 0.0419 e. The Labute approximate surface area is 125 Å². The van der Waals surface area contributed by atoms with Gasteiger partial charge in [0.1, 0.15) is 0 Å². The Bertz CT molecular complexity index is 524. The Hall–Kier alpha value is -0.980. The minimum absolute atomic E-state index is 0.165. The average molecular weight is 273 g/mol. The maximum atomic E-state index is 3.74. The molecule has 0 spiro atoms. The molecule has 0 saturated carbocycles. The van der Waals surface area contributed by atoms with Crippen molar-refractivity contribution in [2.75, 3.05) is 5.32 Å². The van der Waals surface area contributed by atoms with Gasteiger partial charge in [0.2, 0.25) is 0 Å². The molecule has 1 atom stereocenters. The zero-order valence-electron chi connectivity index (χ0n) is 14.7. The molecule has 0 fully saturated rings. The van der Waals surface area contributed by atoms with Gasteiger partial charge in [0.25, 0.3) is 0 Å². The molecule has 1 nitrogen and oxygen atoms in total. The number of anilines is 1. The quantitative estimate of drug-likeness (QED) is 0.669. The molecular formula is C19H31N. The van der Waals surface area contributed by atoms with E-state index in [1.807, 2.05) is 0 Å². The zero-order chi connectivity index (χ0) is 15.5. The number of hydrogen-bond donors (Lipinski definition) is 1. The van der Waals surface area contributed by atoms with Gasteiger partial charge in [-0.25, -0.2) is 0 Å².